The summed E-state index contributed by atoms with van der Waals surface area (Å²) in [4.78, 5) is 40.9. The van der Waals surface area contributed by atoms with Gasteiger partial charge in [0, 0.05) is 13.1 Å². The Hall–Kier alpha value is -3.30. The lowest BCUT2D eigenvalue weighted by Crippen LogP contribution is -2.40. The highest BCUT2D eigenvalue weighted by Crippen LogP contribution is 2.39. The number of hydrogen-bond acceptors (Lipinski definition) is 6. The standard InChI is InChI=1S/C28H25BrN2O5S/c1-35-23-14-18(15-24-27(33)31(28(34)37-24)16-25(32)30-11-4-5-12-30)13-22(29)26(23)36-17-20-9-6-8-19-7-2-3-10-21(19)20/h2-3,6-10,13-15H,4-5,11-12,16-17H2,1H3/b24-15-. The SMILES string of the molecule is COc1cc(/C=C2\SC(=O)N(CC(=O)N3CCCC3)C2=O)cc(Br)c1OCc1cccc2ccccc12. The van der Waals surface area contributed by atoms with Gasteiger partial charge < -0.3 is 14.4 Å². The van der Waals surface area contributed by atoms with E-state index in [2.05, 4.69) is 34.1 Å². The first kappa shape index (κ1) is 25.4. The van der Waals surface area contributed by atoms with Gasteiger partial charge in [-0.2, -0.15) is 0 Å². The molecule has 2 saturated heterocycles. The fourth-order valence-corrected chi connectivity index (χ4v) is 5.93. The molecule has 5 rings (SSSR count). The van der Waals surface area contributed by atoms with Crippen molar-refractivity contribution in [2.24, 2.45) is 0 Å². The van der Waals surface area contributed by atoms with Crippen LogP contribution in [0.1, 0.15) is 24.0 Å². The van der Waals surface area contributed by atoms with Crippen molar-refractivity contribution in [2.45, 2.75) is 19.4 Å². The van der Waals surface area contributed by atoms with Crippen LogP contribution in [-0.4, -0.2) is 53.6 Å². The number of halogens is 1. The van der Waals surface area contributed by atoms with Crippen LogP contribution in [0.2, 0.25) is 0 Å². The van der Waals surface area contributed by atoms with Crippen molar-refractivity contribution >= 4 is 61.6 Å². The lowest BCUT2D eigenvalue weighted by Gasteiger charge is -2.18. The normalized spacial score (nSPS) is 16.8. The molecule has 7 nitrogen and oxygen atoms in total. The van der Waals surface area contributed by atoms with Crippen LogP contribution in [-0.2, 0) is 16.2 Å². The van der Waals surface area contributed by atoms with Gasteiger partial charge in [-0.15, -0.1) is 0 Å². The molecule has 3 aromatic rings. The van der Waals surface area contributed by atoms with E-state index >= 15 is 0 Å². The molecule has 0 spiro atoms. The number of ether oxygens (including phenoxy) is 2. The number of benzene rings is 3. The number of nitrogens with zero attached hydrogens (tertiary/aromatic N) is 2. The van der Waals surface area contributed by atoms with Gasteiger partial charge in [0.05, 0.1) is 16.5 Å². The fraction of sp³-hybridized carbons (Fsp3) is 0.250. The van der Waals surface area contributed by atoms with Crippen molar-refractivity contribution in [1.29, 1.82) is 0 Å². The third-order valence-corrected chi connectivity index (χ3v) is 7.92. The lowest BCUT2D eigenvalue weighted by molar-refractivity contribution is -0.135. The number of amides is 3. The first-order valence-electron chi connectivity index (χ1n) is 11.9. The number of rotatable bonds is 7. The molecule has 9 heteroatoms. The van der Waals surface area contributed by atoms with Gasteiger partial charge in [0.15, 0.2) is 11.5 Å². The molecule has 0 atom stereocenters. The minimum atomic E-state index is -0.464. The molecule has 37 heavy (non-hydrogen) atoms. The van der Waals surface area contributed by atoms with Gasteiger partial charge in [-0.1, -0.05) is 42.5 Å². The molecule has 0 unspecified atom stereocenters. The van der Waals surface area contributed by atoms with Crippen LogP contribution in [0.4, 0.5) is 4.79 Å². The molecule has 3 aromatic carbocycles. The molecule has 0 aromatic heterocycles. The molecular formula is C28H25BrN2O5S. The molecule has 2 aliphatic heterocycles. The zero-order valence-electron chi connectivity index (χ0n) is 20.2. The van der Waals surface area contributed by atoms with Crippen LogP contribution < -0.4 is 9.47 Å². The molecule has 0 N–H and O–H groups in total. The van der Waals surface area contributed by atoms with Crippen molar-refractivity contribution < 1.29 is 23.9 Å². The zero-order valence-corrected chi connectivity index (χ0v) is 22.6. The molecule has 0 aliphatic carbocycles. The van der Waals surface area contributed by atoms with Crippen molar-refractivity contribution in [3.8, 4) is 11.5 Å². The fourth-order valence-electron chi connectivity index (χ4n) is 4.52. The minimum Gasteiger partial charge on any atom is -0.493 e. The monoisotopic (exact) mass is 580 g/mol. The summed E-state index contributed by atoms with van der Waals surface area (Å²) >= 11 is 4.40. The number of thioether (sulfide) groups is 1. The molecule has 2 heterocycles. The predicted octanol–water partition coefficient (Wildman–Crippen LogP) is 5.85. The largest absolute Gasteiger partial charge is 0.493 e. The Morgan fingerprint density at radius 2 is 1.84 bits per heavy atom. The summed E-state index contributed by atoms with van der Waals surface area (Å²) in [5.74, 6) is 0.369. The van der Waals surface area contributed by atoms with Gasteiger partial charge in [0.25, 0.3) is 11.1 Å². The number of hydrogen-bond donors (Lipinski definition) is 0. The number of fused-ring (bicyclic) bond motifs is 1. The van der Waals surface area contributed by atoms with E-state index in [0.29, 0.717) is 41.2 Å². The summed E-state index contributed by atoms with van der Waals surface area (Å²) in [6, 6.07) is 17.8. The smallest absolute Gasteiger partial charge is 0.294 e. The van der Waals surface area contributed by atoms with Crippen LogP contribution >= 0.6 is 27.7 Å². The van der Waals surface area contributed by atoms with E-state index in [1.165, 1.54) is 0 Å². The number of imide groups is 1. The zero-order chi connectivity index (χ0) is 25.9. The first-order valence-corrected chi connectivity index (χ1v) is 13.6. The van der Waals surface area contributed by atoms with Crippen molar-refractivity contribution in [3.05, 3.63) is 75.1 Å². The van der Waals surface area contributed by atoms with Crippen LogP contribution in [0, 0.1) is 0 Å². The van der Waals surface area contributed by atoms with E-state index in [4.69, 9.17) is 9.47 Å². The van der Waals surface area contributed by atoms with Gasteiger partial charge in [-0.05, 0) is 80.6 Å². The summed E-state index contributed by atoms with van der Waals surface area (Å²) in [6.45, 7) is 1.47. The van der Waals surface area contributed by atoms with Gasteiger partial charge >= 0.3 is 0 Å². The number of likely N-dealkylation sites (tertiary alicyclic amines) is 1. The van der Waals surface area contributed by atoms with E-state index in [0.717, 1.165) is 45.8 Å². The molecule has 2 aliphatic rings. The Morgan fingerprint density at radius 1 is 1.08 bits per heavy atom. The molecule has 0 saturated carbocycles. The maximum atomic E-state index is 12.9. The molecule has 190 valence electrons. The van der Waals surface area contributed by atoms with E-state index in [1.807, 2.05) is 30.3 Å². The van der Waals surface area contributed by atoms with Gasteiger partial charge in [-0.3, -0.25) is 19.3 Å². The maximum Gasteiger partial charge on any atom is 0.294 e. The first-order chi connectivity index (χ1) is 17.9. The Kier molecular flexibility index (Phi) is 7.53. The number of methoxy groups -OCH3 is 1. The van der Waals surface area contributed by atoms with E-state index < -0.39 is 11.1 Å². The molecule has 0 radical (unpaired) electrons. The summed E-state index contributed by atoms with van der Waals surface area (Å²) in [5.41, 5.74) is 1.71. The third-order valence-electron chi connectivity index (χ3n) is 6.43. The van der Waals surface area contributed by atoms with Crippen molar-refractivity contribution in [3.63, 3.8) is 0 Å². The second kappa shape index (κ2) is 11.0. The Balaban J connectivity index is 1.33. The van der Waals surface area contributed by atoms with Crippen LogP contribution in [0.15, 0.2) is 64.0 Å². The van der Waals surface area contributed by atoms with Crippen molar-refractivity contribution in [2.75, 3.05) is 26.7 Å². The molecule has 2 fully saturated rings. The second-order valence-electron chi connectivity index (χ2n) is 8.82. The topological polar surface area (TPSA) is 76.2 Å². The highest BCUT2D eigenvalue weighted by Gasteiger charge is 2.37. The predicted molar refractivity (Wildman–Crippen MR) is 147 cm³/mol. The average molecular weight is 581 g/mol. The van der Waals surface area contributed by atoms with Crippen LogP contribution in [0.5, 0.6) is 11.5 Å². The van der Waals surface area contributed by atoms with E-state index in [-0.39, 0.29) is 17.4 Å². The third kappa shape index (κ3) is 5.38. The molecular weight excluding hydrogens is 556 g/mol. The Morgan fingerprint density at radius 3 is 2.62 bits per heavy atom. The quantitative estimate of drug-likeness (QED) is 0.326. The lowest BCUT2D eigenvalue weighted by atomic mass is 10.1. The van der Waals surface area contributed by atoms with E-state index in [9.17, 15) is 14.4 Å². The number of carbonyl (C=O) groups is 3. The summed E-state index contributed by atoms with van der Waals surface area (Å²) in [5, 5.41) is 1.82. The second-order valence-corrected chi connectivity index (χ2v) is 10.7. The molecule has 0 bridgehead atoms. The highest BCUT2D eigenvalue weighted by molar-refractivity contribution is 9.10. The summed E-state index contributed by atoms with van der Waals surface area (Å²) in [7, 11) is 1.55. The highest BCUT2D eigenvalue weighted by atomic mass is 79.9. The van der Waals surface area contributed by atoms with Crippen LogP contribution in [0.3, 0.4) is 0 Å². The molecule has 3 amide bonds. The van der Waals surface area contributed by atoms with Gasteiger partial charge in [-0.25, -0.2) is 0 Å². The summed E-state index contributed by atoms with van der Waals surface area (Å²) < 4.78 is 12.4. The van der Waals surface area contributed by atoms with Crippen LogP contribution in [0.25, 0.3) is 16.8 Å². The maximum absolute atomic E-state index is 12.9. The average Bonchev–Trinajstić information content (AvgIpc) is 3.53. The Labute approximate surface area is 227 Å². The van der Waals surface area contributed by atoms with E-state index in [1.54, 1.807) is 24.2 Å². The van der Waals surface area contributed by atoms with Crippen molar-refractivity contribution in [1.82, 2.24) is 9.80 Å². The Bertz CT molecular complexity index is 1410. The number of carbonyl (C=O) groups excluding carboxylic acids is 3. The van der Waals surface area contributed by atoms with Gasteiger partial charge in [0.1, 0.15) is 13.2 Å². The summed E-state index contributed by atoms with van der Waals surface area (Å²) in [6.07, 6.45) is 3.53. The van der Waals surface area contributed by atoms with Gasteiger partial charge in [0.2, 0.25) is 5.91 Å². The minimum absolute atomic E-state index is 0.196.